The van der Waals surface area contributed by atoms with Crippen molar-refractivity contribution >= 4 is 11.6 Å². The maximum atomic E-state index is 13.8. The predicted octanol–water partition coefficient (Wildman–Crippen LogP) is 2.85. The number of benzene rings is 1. The number of aromatic nitrogens is 1. The van der Waals surface area contributed by atoms with Gasteiger partial charge in [-0.2, -0.15) is 0 Å². The van der Waals surface area contributed by atoms with Crippen molar-refractivity contribution in [1.82, 2.24) is 4.98 Å². The topological polar surface area (TPSA) is 42.0 Å². The highest BCUT2D eigenvalue weighted by Gasteiger charge is 2.06. The highest BCUT2D eigenvalue weighted by Crippen LogP contribution is 2.24. The van der Waals surface area contributed by atoms with E-state index in [0.29, 0.717) is 11.3 Å². The Balaban J connectivity index is 2.35. The molecule has 0 spiro atoms. The number of amides is 1. The number of halogens is 1. The fourth-order valence-corrected chi connectivity index (χ4v) is 1.56. The Kier molecular flexibility index (Phi) is 3.14. The van der Waals surface area contributed by atoms with Gasteiger partial charge in [-0.05, 0) is 35.9 Å². The van der Waals surface area contributed by atoms with E-state index in [9.17, 15) is 9.18 Å². The molecule has 2 aromatic rings. The highest BCUT2D eigenvalue weighted by molar-refractivity contribution is 5.89. The molecule has 0 saturated carbocycles. The molecule has 0 aliphatic heterocycles. The van der Waals surface area contributed by atoms with Gasteiger partial charge in [-0.1, -0.05) is 0 Å². The third kappa shape index (κ3) is 2.66. The average molecular weight is 230 g/mol. The van der Waals surface area contributed by atoms with Gasteiger partial charge in [0.25, 0.3) is 0 Å². The lowest BCUT2D eigenvalue weighted by molar-refractivity contribution is -0.114. The van der Waals surface area contributed by atoms with Gasteiger partial charge in [0.1, 0.15) is 5.82 Å². The Labute approximate surface area is 98.3 Å². The molecule has 1 N–H and O–H groups in total. The number of nitrogens with one attached hydrogen (secondary N) is 1. The highest BCUT2D eigenvalue weighted by atomic mass is 19.1. The largest absolute Gasteiger partial charge is 0.326 e. The van der Waals surface area contributed by atoms with Crippen LogP contribution in [0.1, 0.15) is 6.92 Å². The zero-order chi connectivity index (χ0) is 12.3. The number of nitrogens with zero attached hydrogens (tertiary/aromatic N) is 1. The Morgan fingerprint density at radius 3 is 2.53 bits per heavy atom. The van der Waals surface area contributed by atoms with E-state index < -0.39 is 0 Å². The second kappa shape index (κ2) is 4.74. The predicted molar refractivity (Wildman–Crippen MR) is 63.9 cm³/mol. The minimum atomic E-state index is -0.373. The number of anilines is 1. The maximum Gasteiger partial charge on any atom is 0.221 e. The summed E-state index contributed by atoms with van der Waals surface area (Å²) in [6, 6.07) is 8.07. The van der Waals surface area contributed by atoms with E-state index in [1.54, 1.807) is 36.7 Å². The van der Waals surface area contributed by atoms with E-state index in [1.807, 2.05) is 0 Å². The van der Waals surface area contributed by atoms with Crippen LogP contribution < -0.4 is 5.32 Å². The van der Waals surface area contributed by atoms with E-state index in [1.165, 1.54) is 13.0 Å². The number of hydrogen-bond acceptors (Lipinski definition) is 2. The summed E-state index contributed by atoms with van der Waals surface area (Å²) in [6.07, 6.45) is 3.22. The zero-order valence-corrected chi connectivity index (χ0v) is 9.27. The van der Waals surface area contributed by atoms with Gasteiger partial charge in [-0.3, -0.25) is 9.78 Å². The molecule has 17 heavy (non-hydrogen) atoms. The van der Waals surface area contributed by atoms with Crippen molar-refractivity contribution in [2.24, 2.45) is 0 Å². The molecule has 0 aliphatic carbocycles. The normalized spacial score (nSPS) is 10.0. The molecule has 0 atom stereocenters. The molecule has 0 saturated heterocycles. The van der Waals surface area contributed by atoms with Crippen LogP contribution in [0.2, 0.25) is 0 Å². The van der Waals surface area contributed by atoms with Crippen molar-refractivity contribution in [2.45, 2.75) is 6.92 Å². The van der Waals surface area contributed by atoms with Crippen LogP contribution in [-0.2, 0) is 4.79 Å². The Bertz CT molecular complexity index is 540. The van der Waals surface area contributed by atoms with Crippen LogP contribution in [0, 0.1) is 5.82 Å². The van der Waals surface area contributed by atoms with Gasteiger partial charge in [0.15, 0.2) is 0 Å². The molecule has 0 aliphatic rings. The second-order valence-corrected chi connectivity index (χ2v) is 3.61. The van der Waals surface area contributed by atoms with E-state index in [-0.39, 0.29) is 11.7 Å². The van der Waals surface area contributed by atoms with Gasteiger partial charge in [0, 0.05) is 30.6 Å². The number of carbonyl (C=O) groups excluding carboxylic acids is 1. The summed E-state index contributed by atoms with van der Waals surface area (Å²) in [7, 11) is 0. The molecule has 0 bridgehead atoms. The first-order chi connectivity index (χ1) is 8.16. The minimum absolute atomic E-state index is 0.221. The van der Waals surface area contributed by atoms with Crippen molar-refractivity contribution in [2.75, 3.05) is 5.32 Å². The standard InChI is InChI=1S/C13H11FN2O/c1-9(17)16-11-2-3-12(13(14)8-11)10-4-6-15-7-5-10/h2-8H,1H3,(H,16,17). The van der Waals surface area contributed by atoms with Crippen LogP contribution in [0.25, 0.3) is 11.1 Å². The van der Waals surface area contributed by atoms with Crippen molar-refractivity contribution < 1.29 is 9.18 Å². The lowest BCUT2D eigenvalue weighted by atomic mass is 10.1. The molecule has 0 fully saturated rings. The van der Waals surface area contributed by atoms with Crippen molar-refractivity contribution in [3.8, 4) is 11.1 Å². The Morgan fingerprint density at radius 2 is 1.94 bits per heavy atom. The van der Waals surface area contributed by atoms with Crippen LogP contribution in [0.4, 0.5) is 10.1 Å². The lowest BCUT2D eigenvalue weighted by Crippen LogP contribution is -2.05. The number of rotatable bonds is 2. The zero-order valence-electron chi connectivity index (χ0n) is 9.27. The first-order valence-electron chi connectivity index (χ1n) is 5.14. The van der Waals surface area contributed by atoms with Crippen LogP contribution >= 0.6 is 0 Å². The molecule has 4 heteroatoms. The summed E-state index contributed by atoms with van der Waals surface area (Å²) < 4.78 is 13.8. The molecule has 86 valence electrons. The van der Waals surface area contributed by atoms with Crippen LogP contribution in [0.3, 0.4) is 0 Å². The molecular weight excluding hydrogens is 219 g/mol. The van der Waals surface area contributed by atoms with E-state index in [2.05, 4.69) is 10.3 Å². The lowest BCUT2D eigenvalue weighted by Gasteiger charge is -2.06. The van der Waals surface area contributed by atoms with Crippen LogP contribution in [0.5, 0.6) is 0 Å². The molecule has 0 unspecified atom stereocenters. The SMILES string of the molecule is CC(=O)Nc1ccc(-c2ccncc2)c(F)c1. The molecule has 1 aromatic heterocycles. The third-order valence-electron chi connectivity index (χ3n) is 2.28. The fraction of sp³-hybridized carbons (Fsp3) is 0.0769. The Morgan fingerprint density at radius 1 is 1.24 bits per heavy atom. The van der Waals surface area contributed by atoms with Crippen molar-refractivity contribution in [1.29, 1.82) is 0 Å². The summed E-state index contributed by atoms with van der Waals surface area (Å²) in [4.78, 5) is 14.7. The molecular formula is C13H11FN2O. The summed E-state index contributed by atoms with van der Waals surface area (Å²) in [5, 5.41) is 2.53. The molecule has 2 rings (SSSR count). The van der Waals surface area contributed by atoms with Gasteiger partial charge < -0.3 is 5.32 Å². The molecule has 1 aromatic carbocycles. The smallest absolute Gasteiger partial charge is 0.221 e. The van der Waals surface area contributed by atoms with Crippen molar-refractivity contribution in [3.05, 3.63) is 48.5 Å². The summed E-state index contributed by atoms with van der Waals surface area (Å²) >= 11 is 0. The minimum Gasteiger partial charge on any atom is -0.326 e. The number of carbonyl (C=O) groups is 1. The first-order valence-corrected chi connectivity index (χ1v) is 5.14. The molecule has 0 radical (unpaired) electrons. The molecule has 1 heterocycles. The second-order valence-electron chi connectivity index (χ2n) is 3.61. The molecule has 1 amide bonds. The van der Waals surface area contributed by atoms with Crippen LogP contribution in [0.15, 0.2) is 42.7 Å². The monoisotopic (exact) mass is 230 g/mol. The average Bonchev–Trinajstić information content (AvgIpc) is 2.29. The third-order valence-corrected chi connectivity index (χ3v) is 2.28. The van der Waals surface area contributed by atoms with Crippen LogP contribution in [-0.4, -0.2) is 10.9 Å². The van der Waals surface area contributed by atoms with Crippen molar-refractivity contribution in [3.63, 3.8) is 0 Å². The van der Waals surface area contributed by atoms with Gasteiger partial charge in [0.2, 0.25) is 5.91 Å². The maximum absolute atomic E-state index is 13.8. The summed E-state index contributed by atoms with van der Waals surface area (Å²) in [6.45, 7) is 1.38. The van der Waals surface area contributed by atoms with E-state index >= 15 is 0 Å². The molecule has 3 nitrogen and oxygen atoms in total. The van der Waals surface area contributed by atoms with E-state index in [4.69, 9.17) is 0 Å². The Hall–Kier alpha value is -2.23. The summed E-state index contributed by atoms with van der Waals surface area (Å²) in [5.74, 6) is -0.594. The number of hydrogen-bond donors (Lipinski definition) is 1. The summed E-state index contributed by atoms with van der Waals surface area (Å²) in [5.41, 5.74) is 1.70. The van der Waals surface area contributed by atoms with Gasteiger partial charge >= 0.3 is 0 Å². The van der Waals surface area contributed by atoms with Gasteiger partial charge in [0.05, 0.1) is 0 Å². The van der Waals surface area contributed by atoms with Gasteiger partial charge in [-0.25, -0.2) is 4.39 Å². The fourth-order valence-electron chi connectivity index (χ4n) is 1.56. The van der Waals surface area contributed by atoms with E-state index in [0.717, 1.165) is 5.56 Å². The quantitative estimate of drug-likeness (QED) is 0.861. The van der Waals surface area contributed by atoms with Gasteiger partial charge in [-0.15, -0.1) is 0 Å². The number of pyridine rings is 1. The first kappa shape index (κ1) is 11.3.